The van der Waals surface area contributed by atoms with Gasteiger partial charge in [-0.2, -0.15) is 0 Å². The second-order valence-corrected chi connectivity index (χ2v) is 7.34. The Kier molecular flexibility index (Phi) is 0.954. The minimum Gasteiger partial charge on any atom is -0.0625 e. The van der Waals surface area contributed by atoms with Crippen molar-refractivity contribution in [3.8, 4) is 0 Å². The molecule has 0 heterocycles. The van der Waals surface area contributed by atoms with Crippen molar-refractivity contribution in [2.45, 2.75) is 39.0 Å². The predicted molar refractivity (Wildman–Crippen MR) is 55.6 cm³/mol. The van der Waals surface area contributed by atoms with Gasteiger partial charge in [0.15, 0.2) is 0 Å². The average Bonchev–Trinajstić information content (AvgIpc) is 2.70. The molecule has 5 saturated carbocycles. The Morgan fingerprint density at radius 2 is 1.86 bits per heavy atom. The minimum atomic E-state index is 0.931. The molecule has 0 radical (unpaired) electrons. The summed E-state index contributed by atoms with van der Waals surface area (Å²) in [6.07, 6.45) is 8.24. The molecule has 1 spiro atoms. The summed E-state index contributed by atoms with van der Waals surface area (Å²) in [7, 11) is 0. The summed E-state index contributed by atoms with van der Waals surface area (Å²) in [6.45, 7) is 2.53. The first kappa shape index (κ1) is 7.30. The fourth-order valence-corrected chi connectivity index (χ4v) is 7.53. The van der Waals surface area contributed by atoms with Gasteiger partial charge in [0.2, 0.25) is 0 Å². The molecule has 5 aliphatic carbocycles. The van der Waals surface area contributed by atoms with Gasteiger partial charge < -0.3 is 0 Å². The second-order valence-electron chi connectivity index (χ2n) is 7.34. The van der Waals surface area contributed by atoms with Crippen LogP contribution in [0.25, 0.3) is 0 Å². The van der Waals surface area contributed by atoms with Crippen LogP contribution in [0.5, 0.6) is 0 Å². The van der Waals surface area contributed by atoms with Gasteiger partial charge in [0.25, 0.3) is 0 Å². The number of fused-ring (bicyclic) bond motifs is 4. The van der Waals surface area contributed by atoms with Crippen molar-refractivity contribution in [2.75, 3.05) is 0 Å². The smallest absolute Gasteiger partial charge is 0.0227 e. The lowest BCUT2D eigenvalue weighted by molar-refractivity contribution is -0.0432. The Labute approximate surface area is 86.5 Å². The molecule has 0 saturated heterocycles. The average molecular weight is 188 g/mol. The highest BCUT2D eigenvalue weighted by atomic mass is 14.8. The highest BCUT2D eigenvalue weighted by Crippen LogP contribution is 2.83. The summed E-state index contributed by atoms with van der Waals surface area (Å²) in [5, 5.41) is 0. The maximum Gasteiger partial charge on any atom is -0.0227 e. The number of hydrogen-bond acceptors (Lipinski definition) is 0. The van der Waals surface area contributed by atoms with Crippen LogP contribution in [0.15, 0.2) is 0 Å². The molecule has 76 valence electrons. The van der Waals surface area contributed by atoms with Crippen molar-refractivity contribution in [1.29, 1.82) is 0 Å². The topological polar surface area (TPSA) is 0 Å². The molecular weight excluding hydrogens is 168 g/mol. The lowest BCUT2D eigenvalue weighted by Gasteiger charge is -2.52. The summed E-state index contributed by atoms with van der Waals surface area (Å²) in [4.78, 5) is 0. The van der Waals surface area contributed by atoms with Gasteiger partial charge in [-0.15, -0.1) is 0 Å². The van der Waals surface area contributed by atoms with Crippen molar-refractivity contribution in [1.82, 2.24) is 0 Å². The Morgan fingerprint density at radius 1 is 0.929 bits per heavy atom. The molecule has 8 unspecified atom stereocenters. The maximum absolute atomic E-state index is 2.53. The lowest BCUT2D eigenvalue weighted by Crippen LogP contribution is -2.46. The summed E-state index contributed by atoms with van der Waals surface area (Å²) >= 11 is 0. The Bertz CT molecular complexity index is 316. The molecule has 0 N–H and O–H groups in total. The van der Waals surface area contributed by atoms with Crippen molar-refractivity contribution >= 4 is 0 Å². The molecule has 5 bridgehead atoms. The number of rotatable bonds is 0. The van der Waals surface area contributed by atoms with E-state index in [0.717, 1.165) is 11.3 Å². The van der Waals surface area contributed by atoms with Gasteiger partial charge in [0, 0.05) is 0 Å². The van der Waals surface area contributed by atoms with Gasteiger partial charge in [0.05, 0.1) is 0 Å². The fraction of sp³-hybridized carbons (Fsp3) is 1.00. The lowest BCUT2D eigenvalue weighted by atomic mass is 9.52. The molecule has 8 atom stereocenters. The largest absolute Gasteiger partial charge is 0.0625 e. The third kappa shape index (κ3) is 0.498. The van der Waals surface area contributed by atoms with E-state index in [1.165, 1.54) is 35.5 Å². The van der Waals surface area contributed by atoms with Crippen LogP contribution in [-0.4, -0.2) is 0 Å². The second kappa shape index (κ2) is 1.83. The van der Waals surface area contributed by atoms with E-state index >= 15 is 0 Å². The molecule has 0 aromatic carbocycles. The van der Waals surface area contributed by atoms with E-state index in [1.54, 1.807) is 32.1 Å². The first-order valence-corrected chi connectivity index (χ1v) is 6.79. The van der Waals surface area contributed by atoms with Crippen molar-refractivity contribution in [3.63, 3.8) is 0 Å². The van der Waals surface area contributed by atoms with Crippen LogP contribution in [0, 0.1) is 46.8 Å². The molecule has 5 aliphatic rings. The summed E-state index contributed by atoms with van der Waals surface area (Å²) in [5.41, 5.74) is 0.931. The van der Waals surface area contributed by atoms with Crippen LogP contribution in [0.3, 0.4) is 0 Å². The predicted octanol–water partition coefficient (Wildman–Crippen LogP) is 3.32. The molecule has 0 aromatic heterocycles. The highest BCUT2D eigenvalue weighted by molar-refractivity contribution is 5.25. The normalized spacial score (nSPS) is 76.5. The third-order valence-corrected chi connectivity index (χ3v) is 7.14. The first-order chi connectivity index (χ1) is 6.79. The Hall–Kier alpha value is 0. The van der Waals surface area contributed by atoms with Crippen LogP contribution in [-0.2, 0) is 0 Å². The molecule has 0 aromatic rings. The monoisotopic (exact) mass is 188 g/mol. The highest BCUT2D eigenvalue weighted by Gasteiger charge is 2.76. The van der Waals surface area contributed by atoms with Gasteiger partial charge in [-0.3, -0.25) is 0 Å². The maximum atomic E-state index is 2.53. The quantitative estimate of drug-likeness (QED) is 0.547. The molecule has 14 heavy (non-hydrogen) atoms. The SMILES string of the molecule is CC1CC2C3CC4(C1)C1CC(CC31)C24. The number of hydrogen-bond donors (Lipinski definition) is 0. The van der Waals surface area contributed by atoms with E-state index in [0.29, 0.717) is 0 Å². The zero-order valence-corrected chi connectivity index (χ0v) is 9.08. The van der Waals surface area contributed by atoms with Crippen LogP contribution in [0.4, 0.5) is 0 Å². The standard InChI is InChI=1S/C14H20/c1-7-2-10-11-6-14(5-7)12-4-8(13(10)14)3-9(11)12/h7-13H,2-6H2,1H3. The fourth-order valence-electron chi connectivity index (χ4n) is 7.53. The van der Waals surface area contributed by atoms with Gasteiger partial charge in [-0.1, -0.05) is 6.92 Å². The summed E-state index contributed by atoms with van der Waals surface area (Å²) < 4.78 is 0. The van der Waals surface area contributed by atoms with Gasteiger partial charge in [0.1, 0.15) is 0 Å². The van der Waals surface area contributed by atoms with Gasteiger partial charge in [-0.25, -0.2) is 0 Å². The van der Waals surface area contributed by atoms with E-state index in [1.807, 2.05) is 0 Å². The molecule has 5 rings (SSSR count). The van der Waals surface area contributed by atoms with Crippen LogP contribution in [0.1, 0.15) is 39.0 Å². The molecule has 0 amide bonds. The zero-order valence-electron chi connectivity index (χ0n) is 9.08. The molecule has 0 nitrogen and oxygen atoms in total. The Balaban J connectivity index is 1.76. The van der Waals surface area contributed by atoms with E-state index in [4.69, 9.17) is 0 Å². The molecule has 5 fully saturated rings. The third-order valence-electron chi connectivity index (χ3n) is 7.14. The van der Waals surface area contributed by atoms with Crippen LogP contribution in [0.2, 0.25) is 0 Å². The zero-order chi connectivity index (χ0) is 9.08. The van der Waals surface area contributed by atoms with Crippen molar-refractivity contribution in [3.05, 3.63) is 0 Å². The van der Waals surface area contributed by atoms with Crippen molar-refractivity contribution < 1.29 is 0 Å². The van der Waals surface area contributed by atoms with E-state index in [-0.39, 0.29) is 0 Å². The van der Waals surface area contributed by atoms with Gasteiger partial charge in [-0.05, 0) is 78.9 Å². The van der Waals surface area contributed by atoms with Crippen molar-refractivity contribution in [2.24, 2.45) is 46.8 Å². The van der Waals surface area contributed by atoms with E-state index in [9.17, 15) is 0 Å². The van der Waals surface area contributed by atoms with E-state index in [2.05, 4.69) is 6.92 Å². The van der Waals surface area contributed by atoms with E-state index < -0.39 is 0 Å². The summed E-state index contributed by atoms with van der Waals surface area (Å²) in [6, 6.07) is 0. The summed E-state index contributed by atoms with van der Waals surface area (Å²) in [5.74, 6) is 8.39. The molecule has 0 heteroatoms. The minimum absolute atomic E-state index is 0.931. The molecule has 0 aliphatic heterocycles. The van der Waals surface area contributed by atoms with Crippen LogP contribution < -0.4 is 0 Å². The van der Waals surface area contributed by atoms with Crippen LogP contribution >= 0.6 is 0 Å². The Morgan fingerprint density at radius 3 is 2.79 bits per heavy atom. The first-order valence-electron chi connectivity index (χ1n) is 6.79. The van der Waals surface area contributed by atoms with Gasteiger partial charge >= 0.3 is 0 Å². The molecular formula is C14H20.